The summed E-state index contributed by atoms with van der Waals surface area (Å²) in [5.74, 6) is -0.657. The molecule has 0 aliphatic heterocycles. The molecule has 0 fully saturated rings. The summed E-state index contributed by atoms with van der Waals surface area (Å²) in [6.07, 6.45) is 0. The number of benzene rings is 1. The number of aliphatic hydroxyl groups excluding tert-OH is 1. The monoisotopic (exact) mass is 246 g/mol. The number of methoxy groups -OCH3 is 1. The van der Waals surface area contributed by atoms with Gasteiger partial charge < -0.3 is 19.7 Å². The molecule has 0 bridgehead atoms. The summed E-state index contributed by atoms with van der Waals surface area (Å²) in [5, 5.41) is 17.6. The summed E-state index contributed by atoms with van der Waals surface area (Å²) >= 11 is 5.84. The maximum atomic E-state index is 10.8. The second kappa shape index (κ2) is 5.58. The third-order valence-corrected chi connectivity index (χ3v) is 2.09. The first-order chi connectivity index (χ1) is 7.60. The van der Waals surface area contributed by atoms with Crippen LogP contribution in [0.3, 0.4) is 0 Å². The Morgan fingerprint density at radius 2 is 2.19 bits per heavy atom. The highest BCUT2D eigenvalue weighted by atomic mass is 35.5. The molecule has 0 saturated carbocycles. The van der Waals surface area contributed by atoms with Crippen molar-refractivity contribution in [2.75, 3.05) is 20.3 Å². The van der Waals surface area contributed by atoms with Crippen LogP contribution in [0.2, 0.25) is 5.02 Å². The van der Waals surface area contributed by atoms with Crippen LogP contribution in [0.15, 0.2) is 12.1 Å². The van der Waals surface area contributed by atoms with E-state index < -0.39 is 5.97 Å². The van der Waals surface area contributed by atoms with E-state index in [1.807, 2.05) is 0 Å². The van der Waals surface area contributed by atoms with Crippen LogP contribution in [0.5, 0.6) is 11.5 Å². The fourth-order valence-electron chi connectivity index (χ4n) is 1.13. The first kappa shape index (κ1) is 12.6. The molecule has 0 aliphatic rings. The van der Waals surface area contributed by atoms with Gasteiger partial charge >= 0.3 is 5.97 Å². The van der Waals surface area contributed by atoms with Gasteiger partial charge in [0.2, 0.25) is 0 Å². The molecular formula is C10H11ClO5. The minimum Gasteiger partial charge on any atom is -0.493 e. The Bertz CT molecular complexity index is 391. The molecule has 2 N–H and O–H groups in total. The highest BCUT2D eigenvalue weighted by Crippen LogP contribution is 2.36. The second-order valence-corrected chi connectivity index (χ2v) is 3.27. The van der Waals surface area contributed by atoms with E-state index in [0.717, 1.165) is 0 Å². The molecule has 88 valence electrons. The lowest BCUT2D eigenvalue weighted by Gasteiger charge is -2.12. The molecule has 0 radical (unpaired) electrons. The molecule has 0 atom stereocenters. The van der Waals surface area contributed by atoms with Crippen LogP contribution in [-0.2, 0) is 0 Å². The van der Waals surface area contributed by atoms with E-state index in [4.69, 9.17) is 31.3 Å². The number of hydrogen-bond acceptors (Lipinski definition) is 4. The molecule has 0 saturated heterocycles. The van der Waals surface area contributed by atoms with Crippen molar-refractivity contribution in [3.8, 4) is 11.5 Å². The van der Waals surface area contributed by atoms with E-state index in [0.29, 0.717) is 0 Å². The van der Waals surface area contributed by atoms with Crippen LogP contribution in [0.25, 0.3) is 0 Å². The number of aromatic carboxylic acids is 1. The minimum absolute atomic E-state index is 0.0122. The molecule has 0 aliphatic carbocycles. The van der Waals surface area contributed by atoms with Crippen molar-refractivity contribution in [3.63, 3.8) is 0 Å². The van der Waals surface area contributed by atoms with Crippen LogP contribution < -0.4 is 9.47 Å². The van der Waals surface area contributed by atoms with Crippen LogP contribution >= 0.6 is 11.6 Å². The van der Waals surface area contributed by atoms with E-state index in [1.165, 1.54) is 19.2 Å². The zero-order valence-electron chi connectivity index (χ0n) is 8.57. The average Bonchev–Trinajstić information content (AvgIpc) is 2.26. The lowest BCUT2D eigenvalue weighted by atomic mass is 10.2. The maximum Gasteiger partial charge on any atom is 0.335 e. The Morgan fingerprint density at radius 3 is 2.69 bits per heavy atom. The molecule has 0 amide bonds. The Kier molecular flexibility index (Phi) is 4.39. The lowest BCUT2D eigenvalue weighted by Crippen LogP contribution is -2.05. The van der Waals surface area contributed by atoms with Crippen LogP contribution in [-0.4, -0.2) is 36.5 Å². The average molecular weight is 247 g/mol. The summed E-state index contributed by atoms with van der Waals surface area (Å²) in [5.41, 5.74) is 0.0122. The van der Waals surface area contributed by atoms with Gasteiger partial charge in [0.25, 0.3) is 0 Å². The molecule has 5 nitrogen and oxygen atoms in total. The van der Waals surface area contributed by atoms with E-state index >= 15 is 0 Å². The summed E-state index contributed by atoms with van der Waals surface area (Å²) in [6.45, 7) is -0.108. The Morgan fingerprint density at radius 1 is 1.50 bits per heavy atom. The minimum atomic E-state index is -1.10. The van der Waals surface area contributed by atoms with Crippen LogP contribution in [0, 0.1) is 0 Å². The van der Waals surface area contributed by atoms with Gasteiger partial charge in [-0.3, -0.25) is 0 Å². The third kappa shape index (κ3) is 2.77. The molecular weight excluding hydrogens is 236 g/mol. The van der Waals surface area contributed by atoms with Crippen LogP contribution in [0.1, 0.15) is 10.4 Å². The summed E-state index contributed by atoms with van der Waals surface area (Å²) < 4.78 is 10.1. The van der Waals surface area contributed by atoms with Crippen molar-refractivity contribution in [2.24, 2.45) is 0 Å². The third-order valence-electron chi connectivity index (χ3n) is 1.81. The number of hydrogen-bond donors (Lipinski definition) is 2. The van der Waals surface area contributed by atoms with Gasteiger partial charge in [-0.05, 0) is 12.1 Å². The zero-order valence-corrected chi connectivity index (χ0v) is 9.32. The largest absolute Gasteiger partial charge is 0.493 e. The Hall–Kier alpha value is -1.46. The quantitative estimate of drug-likeness (QED) is 0.822. The summed E-state index contributed by atoms with van der Waals surface area (Å²) in [7, 11) is 1.38. The Labute approximate surface area is 97.2 Å². The van der Waals surface area contributed by atoms with Crippen molar-refractivity contribution in [3.05, 3.63) is 22.7 Å². The van der Waals surface area contributed by atoms with Gasteiger partial charge in [0.1, 0.15) is 6.61 Å². The zero-order chi connectivity index (χ0) is 12.1. The summed E-state index contributed by atoms with van der Waals surface area (Å²) in [4.78, 5) is 10.8. The first-order valence-electron chi connectivity index (χ1n) is 4.44. The smallest absolute Gasteiger partial charge is 0.335 e. The first-order valence-corrected chi connectivity index (χ1v) is 4.82. The van der Waals surface area contributed by atoms with E-state index in [1.54, 1.807) is 0 Å². The molecule has 1 aromatic rings. The van der Waals surface area contributed by atoms with E-state index in [2.05, 4.69) is 0 Å². The Balaban J connectivity index is 3.12. The second-order valence-electron chi connectivity index (χ2n) is 2.87. The molecule has 0 unspecified atom stereocenters. The molecule has 16 heavy (non-hydrogen) atoms. The maximum absolute atomic E-state index is 10.8. The fraction of sp³-hybridized carbons (Fsp3) is 0.300. The van der Waals surface area contributed by atoms with Crippen molar-refractivity contribution in [1.29, 1.82) is 0 Å². The van der Waals surface area contributed by atoms with E-state index in [9.17, 15) is 4.79 Å². The normalized spacial score (nSPS) is 9.94. The fourth-order valence-corrected chi connectivity index (χ4v) is 1.40. The number of carboxylic acids is 1. The van der Waals surface area contributed by atoms with Crippen molar-refractivity contribution in [2.45, 2.75) is 0 Å². The number of rotatable bonds is 5. The predicted octanol–water partition coefficient (Wildman–Crippen LogP) is 1.42. The highest BCUT2D eigenvalue weighted by molar-refractivity contribution is 6.32. The topological polar surface area (TPSA) is 76.0 Å². The standard InChI is InChI=1S/C10H11ClO5/c1-15-8-5-6(10(13)14)4-7(11)9(8)16-3-2-12/h4-5,12H,2-3H2,1H3,(H,13,14). The lowest BCUT2D eigenvalue weighted by molar-refractivity contribution is 0.0696. The van der Waals surface area contributed by atoms with E-state index in [-0.39, 0.29) is 35.3 Å². The van der Waals surface area contributed by atoms with Gasteiger partial charge in [0.15, 0.2) is 11.5 Å². The number of halogens is 1. The van der Waals surface area contributed by atoms with Gasteiger partial charge in [-0.25, -0.2) is 4.79 Å². The number of carboxylic acid groups (broad SMARTS) is 1. The van der Waals surface area contributed by atoms with Gasteiger partial charge in [-0.1, -0.05) is 11.6 Å². The molecule has 0 aromatic heterocycles. The molecule has 0 spiro atoms. The van der Waals surface area contributed by atoms with Gasteiger partial charge in [0.05, 0.1) is 24.3 Å². The highest BCUT2D eigenvalue weighted by Gasteiger charge is 2.14. The predicted molar refractivity (Wildman–Crippen MR) is 57.5 cm³/mol. The number of carbonyl (C=O) groups is 1. The number of aliphatic hydroxyl groups is 1. The van der Waals surface area contributed by atoms with Gasteiger partial charge in [-0.2, -0.15) is 0 Å². The number of ether oxygens (including phenoxy) is 2. The molecule has 1 aromatic carbocycles. The van der Waals surface area contributed by atoms with Crippen LogP contribution in [0.4, 0.5) is 0 Å². The van der Waals surface area contributed by atoms with Gasteiger partial charge in [0, 0.05) is 0 Å². The molecule has 1 rings (SSSR count). The molecule has 0 heterocycles. The van der Waals surface area contributed by atoms with Gasteiger partial charge in [-0.15, -0.1) is 0 Å². The summed E-state index contributed by atoms with van der Waals surface area (Å²) in [6, 6.07) is 2.57. The van der Waals surface area contributed by atoms with Crippen molar-refractivity contribution >= 4 is 17.6 Å². The van der Waals surface area contributed by atoms with Crippen molar-refractivity contribution in [1.82, 2.24) is 0 Å². The molecule has 6 heteroatoms. The van der Waals surface area contributed by atoms with Crippen molar-refractivity contribution < 1.29 is 24.5 Å². The SMILES string of the molecule is COc1cc(C(=O)O)cc(Cl)c1OCCO.